The molecule has 2 aromatic carbocycles. The van der Waals surface area contributed by atoms with Crippen LogP contribution < -0.4 is 9.77 Å². The molecular formula is C20H13FN2O3S2. The van der Waals surface area contributed by atoms with Crippen molar-refractivity contribution in [3.05, 3.63) is 80.5 Å². The highest BCUT2D eigenvalue weighted by Crippen LogP contribution is 2.53. The average molecular weight is 412 g/mol. The van der Waals surface area contributed by atoms with Gasteiger partial charge in [-0.25, -0.2) is 9.29 Å². The number of aromatic nitrogens is 1. The smallest absolute Gasteiger partial charge is 0.305 e. The van der Waals surface area contributed by atoms with Crippen molar-refractivity contribution < 1.29 is 14.0 Å². The molecule has 5 nitrogen and oxygen atoms in total. The van der Waals surface area contributed by atoms with Crippen LogP contribution in [0.5, 0.6) is 0 Å². The zero-order valence-electron chi connectivity index (χ0n) is 14.3. The lowest BCUT2D eigenvalue weighted by Crippen LogP contribution is -2.32. The average Bonchev–Trinajstić information content (AvgIpc) is 3.18. The van der Waals surface area contributed by atoms with Gasteiger partial charge in [-0.3, -0.25) is 14.4 Å². The van der Waals surface area contributed by atoms with Gasteiger partial charge in [0.25, 0.3) is 0 Å². The van der Waals surface area contributed by atoms with Gasteiger partial charge in [0, 0.05) is 10.8 Å². The lowest BCUT2D eigenvalue weighted by Gasteiger charge is -2.29. The van der Waals surface area contributed by atoms with Gasteiger partial charge in [-0.05, 0) is 29.8 Å². The van der Waals surface area contributed by atoms with E-state index in [2.05, 4.69) is 4.98 Å². The first-order valence-corrected chi connectivity index (χ1v) is 10.3. The predicted octanol–water partition coefficient (Wildman–Crippen LogP) is 3.37. The van der Waals surface area contributed by atoms with E-state index in [1.54, 1.807) is 36.4 Å². The fourth-order valence-corrected chi connectivity index (χ4v) is 6.39. The number of fused-ring (bicyclic) bond motifs is 2. The van der Waals surface area contributed by atoms with Gasteiger partial charge in [-0.15, -0.1) is 0 Å². The predicted molar refractivity (Wildman–Crippen MR) is 105 cm³/mol. The highest BCUT2D eigenvalue weighted by molar-refractivity contribution is 8.00. The lowest BCUT2D eigenvalue weighted by atomic mass is 9.83. The van der Waals surface area contributed by atoms with Gasteiger partial charge in [0.15, 0.2) is 0 Å². The number of imide groups is 1. The number of H-pyrrole nitrogens is 1. The summed E-state index contributed by atoms with van der Waals surface area (Å²) < 4.78 is 13.5. The molecule has 1 aromatic heterocycles. The van der Waals surface area contributed by atoms with Crippen LogP contribution in [0.25, 0.3) is 0 Å². The molecule has 28 heavy (non-hydrogen) atoms. The first-order chi connectivity index (χ1) is 13.5. The highest BCUT2D eigenvalue weighted by Gasteiger charge is 2.56. The van der Waals surface area contributed by atoms with E-state index >= 15 is 0 Å². The zero-order valence-corrected chi connectivity index (χ0v) is 15.9. The van der Waals surface area contributed by atoms with Gasteiger partial charge >= 0.3 is 4.87 Å². The number of nitrogens with one attached hydrogen (secondary N) is 1. The van der Waals surface area contributed by atoms with Crippen LogP contribution in [0.2, 0.25) is 0 Å². The maximum Gasteiger partial charge on any atom is 0.305 e. The Labute approximate surface area is 167 Å². The Morgan fingerprint density at radius 2 is 1.64 bits per heavy atom. The van der Waals surface area contributed by atoms with Crippen molar-refractivity contribution in [2.45, 2.75) is 16.2 Å². The first-order valence-electron chi connectivity index (χ1n) is 8.62. The summed E-state index contributed by atoms with van der Waals surface area (Å²) >= 11 is 2.27. The second-order valence-corrected chi connectivity index (χ2v) is 8.82. The summed E-state index contributed by atoms with van der Waals surface area (Å²) in [6, 6.07) is 14.7. The Morgan fingerprint density at radius 1 is 0.929 bits per heavy atom. The minimum Gasteiger partial charge on any atom is -0.307 e. The summed E-state index contributed by atoms with van der Waals surface area (Å²) in [6.45, 7) is 0. The van der Waals surface area contributed by atoms with Crippen molar-refractivity contribution in [2.24, 2.45) is 5.92 Å². The molecule has 1 N–H and O–H groups in total. The number of hydrogen-bond acceptors (Lipinski definition) is 5. The van der Waals surface area contributed by atoms with E-state index in [1.807, 2.05) is 6.07 Å². The van der Waals surface area contributed by atoms with Crippen LogP contribution in [-0.4, -0.2) is 22.0 Å². The van der Waals surface area contributed by atoms with Gasteiger partial charge in [0.05, 0.1) is 16.6 Å². The van der Waals surface area contributed by atoms with E-state index < -0.39 is 17.1 Å². The number of nitrogens with zero attached hydrogens (tertiary/aromatic N) is 1. The summed E-state index contributed by atoms with van der Waals surface area (Å²) in [7, 11) is 0. The third kappa shape index (κ3) is 2.56. The molecule has 3 heterocycles. The number of rotatable bonds is 2. The van der Waals surface area contributed by atoms with Crippen LogP contribution >= 0.6 is 23.1 Å². The number of benzene rings is 2. The van der Waals surface area contributed by atoms with Gasteiger partial charge in [0.2, 0.25) is 11.8 Å². The fraction of sp³-hybridized carbons (Fsp3) is 0.150. The molecule has 8 heteroatoms. The zero-order chi connectivity index (χ0) is 19.4. The quantitative estimate of drug-likeness (QED) is 0.655. The van der Waals surface area contributed by atoms with Crippen molar-refractivity contribution in [2.75, 3.05) is 4.90 Å². The topological polar surface area (TPSA) is 70.2 Å². The minimum absolute atomic E-state index is 0.232. The standard InChI is InChI=1S/C20H13FN2O3S2/c21-11-8-6-10(7-9-11)13-14-16(27-17-15(13)28-20(26)22-17)19(25)23(18(14)24)12-4-2-1-3-5-12/h1-9,13-14,16H,(H,22,26). The van der Waals surface area contributed by atoms with Crippen molar-refractivity contribution in [1.29, 1.82) is 0 Å². The Morgan fingerprint density at radius 3 is 2.36 bits per heavy atom. The summed E-state index contributed by atoms with van der Waals surface area (Å²) in [5.41, 5.74) is 1.24. The molecule has 0 radical (unpaired) electrons. The third-order valence-electron chi connectivity index (χ3n) is 5.07. The van der Waals surface area contributed by atoms with Gasteiger partial charge in [0.1, 0.15) is 11.1 Å². The number of amides is 2. The Bertz CT molecular complexity index is 1140. The lowest BCUT2D eigenvalue weighted by molar-refractivity contribution is -0.122. The Hall–Kier alpha value is -2.71. The summed E-state index contributed by atoms with van der Waals surface area (Å²) in [5, 5.41) is -0.0258. The number of thioether (sulfide) groups is 1. The Balaban J connectivity index is 1.66. The molecule has 3 unspecified atom stereocenters. The van der Waals surface area contributed by atoms with Gasteiger partial charge < -0.3 is 4.98 Å². The minimum atomic E-state index is -0.651. The number of halogens is 1. The molecule has 3 atom stereocenters. The number of carbonyl (C=O) groups excluding carboxylic acids is 2. The van der Waals surface area contributed by atoms with Crippen LogP contribution in [-0.2, 0) is 9.59 Å². The molecule has 0 spiro atoms. The van der Waals surface area contributed by atoms with Crippen LogP contribution in [0.1, 0.15) is 16.4 Å². The monoisotopic (exact) mass is 412 g/mol. The molecule has 3 aromatic rings. The van der Waals surface area contributed by atoms with E-state index in [0.717, 1.165) is 16.2 Å². The van der Waals surface area contributed by atoms with E-state index in [1.165, 1.54) is 28.8 Å². The molecule has 2 aliphatic heterocycles. The van der Waals surface area contributed by atoms with Gasteiger partial charge in [-0.1, -0.05) is 53.4 Å². The second-order valence-electron chi connectivity index (χ2n) is 6.65. The number of thiazole rings is 1. The molecule has 140 valence electrons. The van der Waals surface area contributed by atoms with Crippen molar-refractivity contribution >= 4 is 40.6 Å². The molecule has 1 fully saturated rings. The summed E-state index contributed by atoms with van der Waals surface area (Å²) in [6.07, 6.45) is 0. The molecule has 0 aliphatic carbocycles. The number of anilines is 1. The van der Waals surface area contributed by atoms with E-state index in [0.29, 0.717) is 16.3 Å². The van der Waals surface area contributed by atoms with Crippen molar-refractivity contribution in [1.82, 2.24) is 4.98 Å². The van der Waals surface area contributed by atoms with Crippen LogP contribution in [0.4, 0.5) is 10.1 Å². The Kier molecular flexibility index (Phi) is 3.99. The molecule has 2 aliphatic rings. The van der Waals surface area contributed by atoms with Gasteiger partial charge in [-0.2, -0.15) is 0 Å². The van der Waals surface area contributed by atoms with Crippen LogP contribution in [0.15, 0.2) is 64.4 Å². The summed E-state index contributed by atoms with van der Waals surface area (Å²) in [4.78, 5) is 43.0. The maximum absolute atomic E-state index is 13.5. The highest BCUT2D eigenvalue weighted by atomic mass is 32.2. The van der Waals surface area contributed by atoms with E-state index in [-0.39, 0.29) is 22.5 Å². The normalized spacial score (nSPS) is 23.6. The number of carbonyl (C=O) groups is 2. The molecular weight excluding hydrogens is 399 g/mol. The fourth-order valence-electron chi connectivity index (χ4n) is 3.88. The molecule has 1 saturated heterocycles. The molecule has 2 amide bonds. The molecule has 5 rings (SSSR count). The molecule has 0 bridgehead atoms. The SMILES string of the molecule is O=C1C2Sc3[nH]c(=O)sc3C(c3ccc(F)cc3)C2C(=O)N1c1ccccc1. The van der Waals surface area contributed by atoms with Crippen LogP contribution in [0.3, 0.4) is 0 Å². The first kappa shape index (κ1) is 17.4. The number of aromatic amines is 1. The number of hydrogen-bond donors (Lipinski definition) is 1. The summed E-state index contributed by atoms with van der Waals surface area (Å²) in [5.74, 6) is -2.10. The van der Waals surface area contributed by atoms with Crippen molar-refractivity contribution in [3.8, 4) is 0 Å². The van der Waals surface area contributed by atoms with Crippen molar-refractivity contribution in [3.63, 3.8) is 0 Å². The maximum atomic E-state index is 13.5. The third-order valence-corrected chi connectivity index (χ3v) is 7.47. The van der Waals surface area contributed by atoms with Crippen LogP contribution in [0, 0.1) is 11.7 Å². The van der Waals surface area contributed by atoms with E-state index in [9.17, 15) is 18.8 Å². The number of para-hydroxylation sites is 1. The molecule has 0 saturated carbocycles. The largest absolute Gasteiger partial charge is 0.307 e. The second kappa shape index (κ2) is 6.42. The van der Waals surface area contributed by atoms with E-state index in [4.69, 9.17) is 0 Å².